The number of ketones is 1. The molecule has 0 saturated carbocycles. The van der Waals surface area contributed by atoms with Gasteiger partial charge in [-0.05, 0) is 43.5 Å². The van der Waals surface area contributed by atoms with Crippen molar-refractivity contribution in [2.24, 2.45) is 0 Å². The minimum absolute atomic E-state index is 0.0996. The third-order valence-electron chi connectivity index (χ3n) is 3.28. The Balaban J connectivity index is 1.82. The molecule has 2 N–H and O–H groups in total. The first-order chi connectivity index (χ1) is 9.15. The van der Waals surface area contributed by atoms with Crippen molar-refractivity contribution in [3.05, 3.63) is 29.3 Å². The Morgan fingerprint density at radius 2 is 2.21 bits per heavy atom. The topological polar surface area (TPSA) is 58.2 Å². The molecule has 0 aliphatic carbocycles. The largest absolute Gasteiger partial charge is 0.326 e. The van der Waals surface area contributed by atoms with Crippen LogP contribution in [0.2, 0.25) is 0 Å². The third kappa shape index (κ3) is 4.17. The SMILES string of the molecule is CC(=O)CCCNCc1ccc2c(c1)CCC(=O)N2. The van der Waals surface area contributed by atoms with Crippen LogP contribution in [0, 0.1) is 0 Å². The second-order valence-corrected chi connectivity index (χ2v) is 5.02. The number of fused-ring (bicyclic) bond motifs is 1. The summed E-state index contributed by atoms with van der Waals surface area (Å²) in [6, 6.07) is 6.15. The van der Waals surface area contributed by atoms with Gasteiger partial charge in [0.2, 0.25) is 5.91 Å². The summed E-state index contributed by atoms with van der Waals surface area (Å²) in [5, 5.41) is 6.21. The zero-order chi connectivity index (χ0) is 13.7. The van der Waals surface area contributed by atoms with Gasteiger partial charge in [-0.25, -0.2) is 0 Å². The van der Waals surface area contributed by atoms with E-state index < -0.39 is 0 Å². The van der Waals surface area contributed by atoms with Gasteiger partial charge in [0.15, 0.2) is 0 Å². The molecule has 0 bridgehead atoms. The van der Waals surface area contributed by atoms with Crippen molar-refractivity contribution >= 4 is 17.4 Å². The predicted octanol–water partition coefficient (Wildman–Crippen LogP) is 2.03. The lowest BCUT2D eigenvalue weighted by Crippen LogP contribution is -2.20. The fourth-order valence-electron chi connectivity index (χ4n) is 2.24. The van der Waals surface area contributed by atoms with Gasteiger partial charge in [0.1, 0.15) is 5.78 Å². The number of hydrogen-bond donors (Lipinski definition) is 2. The summed E-state index contributed by atoms with van der Waals surface area (Å²) in [6.45, 7) is 3.28. The Labute approximate surface area is 113 Å². The smallest absolute Gasteiger partial charge is 0.224 e. The first kappa shape index (κ1) is 13.7. The number of carbonyl (C=O) groups is 2. The number of carbonyl (C=O) groups excluding carboxylic acids is 2. The molecule has 0 aromatic heterocycles. The highest BCUT2D eigenvalue weighted by Crippen LogP contribution is 2.23. The van der Waals surface area contributed by atoms with Gasteiger partial charge in [-0.1, -0.05) is 12.1 Å². The molecule has 19 heavy (non-hydrogen) atoms. The van der Waals surface area contributed by atoms with Crippen LogP contribution in [0.1, 0.15) is 37.3 Å². The van der Waals surface area contributed by atoms with Crippen LogP contribution in [-0.2, 0) is 22.6 Å². The Bertz CT molecular complexity index is 483. The van der Waals surface area contributed by atoms with E-state index in [9.17, 15) is 9.59 Å². The summed E-state index contributed by atoms with van der Waals surface area (Å²) >= 11 is 0. The fraction of sp³-hybridized carbons (Fsp3) is 0.467. The lowest BCUT2D eigenvalue weighted by Gasteiger charge is -2.17. The van der Waals surface area contributed by atoms with E-state index in [1.165, 1.54) is 11.1 Å². The number of benzene rings is 1. The molecule has 0 atom stereocenters. The van der Waals surface area contributed by atoms with E-state index in [-0.39, 0.29) is 11.7 Å². The van der Waals surface area contributed by atoms with Crippen molar-refractivity contribution < 1.29 is 9.59 Å². The Morgan fingerprint density at radius 3 is 3.00 bits per heavy atom. The van der Waals surface area contributed by atoms with Gasteiger partial charge in [0.25, 0.3) is 0 Å². The predicted molar refractivity (Wildman–Crippen MR) is 75.0 cm³/mol. The molecule has 1 heterocycles. The van der Waals surface area contributed by atoms with E-state index in [0.29, 0.717) is 12.8 Å². The monoisotopic (exact) mass is 260 g/mol. The molecule has 0 fully saturated rings. The lowest BCUT2D eigenvalue weighted by atomic mass is 10.0. The molecule has 102 valence electrons. The number of Topliss-reactive ketones (excluding diaryl/α,β-unsaturated/α-hetero) is 1. The molecular weight excluding hydrogens is 240 g/mol. The minimum atomic E-state index is 0.0996. The van der Waals surface area contributed by atoms with Crippen LogP contribution < -0.4 is 10.6 Å². The second-order valence-electron chi connectivity index (χ2n) is 5.02. The number of nitrogens with one attached hydrogen (secondary N) is 2. The van der Waals surface area contributed by atoms with E-state index in [2.05, 4.69) is 16.7 Å². The fourth-order valence-corrected chi connectivity index (χ4v) is 2.24. The number of aryl methyl sites for hydroxylation is 1. The molecule has 4 heteroatoms. The molecule has 1 aromatic carbocycles. The quantitative estimate of drug-likeness (QED) is 0.769. The van der Waals surface area contributed by atoms with Gasteiger partial charge in [0, 0.05) is 25.1 Å². The molecule has 0 unspecified atom stereocenters. The highest BCUT2D eigenvalue weighted by molar-refractivity contribution is 5.93. The maximum atomic E-state index is 11.3. The summed E-state index contributed by atoms with van der Waals surface area (Å²) in [7, 11) is 0. The molecule has 1 aromatic rings. The average molecular weight is 260 g/mol. The molecule has 0 spiro atoms. The zero-order valence-electron chi connectivity index (χ0n) is 11.3. The Morgan fingerprint density at radius 1 is 1.37 bits per heavy atom. The highest BCUT2D eigenvalue weighted by atomic mass is 16.1. The number of anilines is 1. The van der Waals surface area contributed by atoms with Gasteiger partial charge in [-0.3, -0.25) is 4.79 Å². The Hall–Kier alpha value is -1.68. The van der Waals surface area contributed by atoms with Gasteiger partial charge in [0.05, 0.1) is 0 Å². The lowest BCUT2D eigenvalue weighted by molar-refractivity contribution is -0.117. The van der Waals surface area contributed by atoms with Gasteiger partial charge in [-0.2, -0.15) is 0 Å². The van der Waals surface area contributed by atoms with Crippen LogP contribution in [0.4, 0.5) is 5.69 Å². The molecule has 4 nitrogen and oxygen atoms in total. The van der Waals surface area contributed by atoms with E-state index in [4.69, 9.17) is 0 Å². The normalized spacial score (nSPS) is 13.8. The van der Waals surface area contributed by atoms with Crippen LogP contribution >= 0.6 is 0 Å². The van der Waals surface area contributed by atoms with E-state index in [0.717, 1.165) is 31.6 Å². The molecule has 2 rings (SSSR count). The summed E-state index contributed by atoms with van der Waals surface area (Å²) in [6.07, 6.45) is 2.92. The molecule has 0 radical (unpaired) electrons. The zero-order valence-corrected chi connectivity index (χ0v) is 11.3. The van der Waals surface area contributed by atoms with Crippen LogP contribution in [0.3, 0.4) is 0 Å². The molecule has 1 aliphatic rings. The molecular formula is C15H20N2O2. The van der Waals surface area contributed by atoms with Crippen molar-refractivity contribution in [3.8, 4) is 0 Å². The Kier molecular flexibility index (Phi) is 4.68. The van der Waals surface area contributed by atoms with E-state index >= 15 is 0 Å². The van der Waals surface area contributed by atoms with Gasteiger partial charge < -0.3 is 15.4 Å². The summed E-state index contributed by atoms with van der Waals surface area (Å²) < 4.78 is 0. The van der Waals surface area contributed by atoms with Crippen LogP contribution in [0.15, 0.2) is 18.2 Å². The highest BCUT2D eigenvalue weighted by Gasteiger charge is 2.14. The number of hydrogen-bond acceptors (Lipinski definition) is 3. The van der Waals surface area contributed by atoms with Crippen molar-refractivity contribution in [1.82, 2.24) is 5.32 Å². The maximum Gasteiger partial charge on any atom is 0.224 e. The van der Waals surface area contributed by atoms with Crippen molar-refractivity contribution in [1.29, 1.82) is 0 Å². The molecule has 1 amide bonds. The number of amides is 1. The average Bonchev–Trinajstić information content (AvgIpc) is 2.38. The van der Waals surface area contributed by atoms with Crippen LogP contribution in [0.25, 0.3) is 0 Å². The van der Waals surface area contributed by atoms with Crippen LogP contribution in [-0.4, -0.2) is 18.2 Å². The standard InChI is InChI=1S/C15H20N2O2/c1-11(18)3-2-8-16-10-12-4-6-14-13(9-12)5-7-15(19)17-14/h4,6,9,16H,2-3,5,7-8,10H2,1H3,(H,17,19). The summed E-state index contributed by atoms with van der Waals surface area (Å²) in [4.78, 5) is 22.1. The molecule has 0 saturated heterocycles. The third-order valence-corrected chi connectivity index (χ3v) is 3.28. The van der Waals surface area contributed by atoms with E-state index in [1.54, 1.807) is 6.92 Å². The first-order valence-corrected chi connectivity index (χ1v) is 6.77. The number of rotatable bonds is 6. The second kappa shape index (κ2) is 6.48. The van der Waals surface area contributed by atoms with Crippen molar-refractivity contribution in [2.75, 3.05) is 11.9 Å². The van der Waals surface area contributed by atoms with Crippen molar-refractivity contribution in [3.63, 3.8) is 0 Å². The van der Waals surface area contributed by atoms with Crippen LogP contribution in [0.5, 0.6) is 0 Å². The van der Waals surface area contributed by atoms with Crippen molar-refractivity contribution in [2.45, 2.75) is 39.2 Å². The summed E-state index contributed by atoms with van der Waals surface area (Å²) in [5.74, 6) is 0.342. The first-order valence-electron chi connectivity index (χ1n) is 6.77. The molecule has 1 aliphatic heterocycles. The summed E-state index contributed by atoms with van der Waals surface area (Å²) in [5.41, 5.74) is 3.37. The van der Waals surface area contributed by atoms with E-state index in [1.807, 2.05) is 12.1 Å². The van der Waals surface area contributed by atoms with Gasteiger partial charge in [-0.15, -0.1) is 0 Å². The van der Waals surface area contributed by atoms with Gasteiger partial charge >= 0.3 is 0 Å². The maximum absolute atomic E-state index is 11.3. The minimum Gasteiger partial charge on any atom is -0.326 e.